The van der Waals surface area contributed by atoms with E-state index in [-0.39, 0.29) is 5.92 Å². The van der Waals surface area contributed by atoms with Crippen molar-refractivity contribution in [2.75, 3.05) is 0 Å². The monoisotopic (exact) mass is 352 g/mol. The highest BCUT2D eigenvalue weighted by Crippen LogP contribution is 2.49. The molecule has 0 aromatic carbocycles. The van der Waals surface area contributed by atoms with Gasteiger partial charge in [-0.15, -0.1) is 11.3 Å². The highest BCUT2D eigenvalue weighted by Gasteiger charge is 2.62. The maximum absolute atomic E-state index is 12.5. The van der Waals surface area contributed by atoms with Crippen LogP contribution in [-0.4, -0.2) is 27.0 Å². The van der Waals surface area contributed by atoms with Gasteiger partial charge in [0.2, 0.25) is 0 Å². The normalized spacial score (nSPS) is 26.0. The second kappa shape index (κ2) is 7.33. The Balaban J connectivity index is 2.15. The predicted octanol–water partition coefficient (Wildman–Crippen LogP) is 3.23. The average molecular weight is 352 g/mol. The topological polar surface area (TPSA) is 78.8 Å². The third-order valence-electron chi connectivity index (χ3n) is 3.71. The lowest BCUT2D eigenvalue weighted by Crippen LogP contribution is -2.42. The molecule has 2 N–H and O–H groups in total. The zero-order chi connectivity index (χ0) is 17.0. The van der Waals surface area contributed by atoms with Crippen molar-refractivity contribution in [2.45, 2.75) is 36.9 Å². The summed E-state index contributed by atoms with van der Waals surface area (Å²) in [6.07, 6.45) is 7.56. The molecule has 1 saturated carbocycles. The van der Waals surface area contributed by atoms with Crippen molar-refractivity contribution in [2.24, 2.45) is 10.9 Å². The Morgan fingerprint density at radius 1 is 1.52 bits per heavy atom. The minimum absolute atomic E-state index is 0.192. The number of nitrogens with zero attached hydrogens (tertiary/aromatic N) is 1. The fourth-order valence-corrected chi connectivity index (χ4v) is 4.75. The van der Waals surface area contributed by atoms with E-state index in [1.54, 1.807) is 25.4 Å². The zero-order valence-electron chi connectivity index (χ0n) is 13.3. The molecule has 0 saturated heterocycles. The van der Waals surface area contributed by atoms with Crippen LogP contribution < -0.4 is 4.72 Å². The van der Waals surface area contributed by atoms with Crippen molar-refractivity contribution in [1.29, 1.82) is 0 Å². The molecule has 1 fully saturated rings. The minimum atomic E-state index is -1.55. The van der Waals surface area contributed by atoms with Gasteiger partial charge >= 0.3 is 5.97 Å². The number of nitrogens with one attached hydrogen (secondary N) is 1. The molecule has 1 heterocycles. The molecule has 0 spiro atoms. The number of allylic oxidation sites excluding steroid dienone is 1. The first-order valence-electron chi connectivity index (χ1n) is 7.24. The van der Waals surface area contributed by atoms with Crippen molar-refractivity contribution in [3.05, 3.63) is 34.9 Å². The zero-order valence-corrected chi connectivity index (χ0v) is 14.9. The lowest BCUT2D eigenvalue weighted by atomic mass is 10.1. The van der Waals surface area contributed by atoms with E-state index in [4.69, 9.17) is 0 Å². The molecule has 1 aromatic heterocycles. The molecule has 0 aliphatic heterocycles. The van der Waals surface area contributed by atoms with E-state index >= 15 is 0 Å². The standard InChI is InChI=1S/C16H20N2O3S2/c1-4-6-12-7-8-14(22-12)23(21)18-16(15(19)20)9-13(16)11(3)10-17-5-2/h4-8,10,13,18H,9H2,1-3H3,(H,19,20)/b6-4+,11-10+,17-5?. The number of carboxylic acid groups (broad SMARTS) is 1. The van der Waals surface area contributed by atoms with E-state index in [0.717, 1.165) is 10.5 Å². The first kappa shape index (κ1) is 17.8. The Bertz CT molecular complexity index is 706. The summed E-state index contributed by atoms with van der Waals surface area (Å²) >= 11 is 1.39. The number of hydrogen-bond donors (Lipinski definition) is 2. The molecule has 7 heteroatoms. The molecule has 1 aliphatic carbocycles. The maximum Gasteiger partial charge on any atom is 0.325 e. The second-order valence-electron chi connectivity index (χ2n) is 5.34. The lowest BCUT2D eigenvalue weighted by molar-refractivity contribution is -0.140. The van der Waals surface area contributed by atoms with E-state index in [1.165, 1.54) is 11.3 Å². The summed E-state index contributed by atoms with van der Waals surface area (Å²) in [5.41, 5.74) is -0.296. The third kappa shape index (κ3) is 3.85. The molecule has 23 heavy (non-hydrogen) atoms. The van der Waals surface area contributed by atoms with Gasteiger partial charge in [-0.05, 0) is 51.0 Å². The van der Waals surface area contributed by atoms with Crippen LogP contribution in [0.1, 0.15) is 32.1 Å². The fourth-order valence-electron chi connectivity index (χ4n) is 2.39. The van der Waals surface area contributed by atoms with Crippen molar-refractivity contribution in [3.8, 4) is 0 Å². The molecular formula is C16H20N2O3S2. The average Bonchev–Trinajstić information content (AvgIpc) is 3.05. The number of hydrogen-bond acceptors (Lipinski definition) is 4. The smallest absolute Gasteiger partial charge is 0.325 e. The summed E-state index contributed by atoms with van der Waals surface area (Å²) in [5, 5.41) is 9.56. The van der Waals surface area contributed by atoms with Gasteiger partial charge in [0, 0.05) is 23.2 Å². The number of rotatable bonds is 7. The Labute approximate surface area is 142 Å². The van der Waals surface area contributed by atoms with Gasteiger partial charge in [0.1, 0.15) is 20.7 Å². The molecule has 1 aromatic rings. The molecule has 0 amide bonds. The van der Waals surface area contributed by atoms with Gasteiger partial charge in [0.25, 0.3) is 0 Å². The molecule has 2 rings (SSSR count). The van der Waals surface area contributed by atoms with E-state index in [2.05, 4.69) is 9.71 Å². The van der Waals surface area contributed by atoms with Crippen molar-refractivity contribution in [1.82, 2.24) is 4.72 Å². The lowest BCUT2D eigenvalue weighted by Gasteiger charge is -2.13. The quantitative estimate of drug-likeness (QED) is 0.740. The molecule has 1 aliphatic rings. The van der Waals surface area contributed by atoms with Crippen LogP contribution in [0.5, 0.6) is 0 Å². The molecule has 0 radical (unpaired) electrons. The van der Waals surface area contributed by atoms with Crippen LogP contribution in [-0.2, 0) is 15.8 Å². The van der Waals surface area contributed by atoms with Gasteiger partial charge in [-0.3, -0.25) is 9.79 Å². The number of carbonyl (C=O) groups is 1. The Hall–Kier alpha value is -1.57. The van der Waals surface area contributed by atoms with Gasteiger partial charge in [0.15, 0.2) is 0 Å². The predicted molar refractivity (Wildman–Crippen MR) is 95.0 cm³/mol. The second-order valence-corrected chi connectivity index (χ2v) is 7.90. The van der Waals surface area contributed by atoms with Crippen LogP contribution in [0, 0.1) is 5.92 Å². The van der Waals surface area contributed by atoms with Crippen LogP contribution in [0.4, 0.5) is 0 Å². The number of aliphatic carboxylic acids is 1. The molecule has 3 unspecified atom stereocenters. The minimum Gasteiger partial charge on any atom is -0.480 e. The molecule has 0 bridgehead atoms. The Morgan fingerprint density at radius 3 is 2.87 bits per heavy atom. The number of thiophene rings is 1. The molecule has 124 valence electrons. The van der Waals surface area contributed by atoms with Gasteiger partial charge in [-0.1, -0.05) is 6.08 Å². The highest BCUT2D eigenvalue weighted by atomic mass is 32.2. The first-order chi connectivity index (χ1) is 10.9. The molecular weight excluding hydrogens is 332 g/mol. The summed E-state index contributed by atoms with van der Waals surface area (Å²) in [6.45, 7) is 5.56. The van der Waals surface area contributed by atoms with Gasteiger partial charge in [-0.2, -0.15) is 0 Å². The summed E-state index contributed by atoms with van der Waals surface area (Å²) in [7, 11) is -1.55. The van der Waals surface area contributed by atoms with Gasteiger partial charge < -0.3 is 5.11 Å². The van der Waals surface area contributed by atoms with Crippen molar-refractivity contribution < 1.29 is 14.1 Å². The fraction of sp³-hybridized carbons (Fsp3) is 0.375. The highest BCUT2D eigenvalue weighted by molar-refractivity contribution is 7.85. The number of carboxylic acids is 1. The van der Waals surface area contributed by atoms with Gasteiger partial charge in [-0.25, -0.2) is 8.93 Å². The van der Waals surface area contributed by atoms with Crippen LogP contribution in [0.15, 0.2) is 39.2 Å². The van der Waals surface area contributed by atoms with Crippen LogP contribution in [0.3, 0.4) is 0 Å². The Morgan fingerprint density at radius 2 is 2.26 bits per heavy atom. The Kier molecular flexibility index (Phi) is 5.67. The summed E-state index contributed by atoms with van der Waals surface area (Å²) < 4.78 is 15.9. The van der Waals surface area contributed by atoms with Crippen molar-refractivity contribution >= 4 is 40.6 Å². The van der Waals surface area contributed by atoms with E-state index in [0.29, 0.717) is 10.6 Å². The van der Waals surface area contributed by atoms with Gasteiger partial charge in [0.05, 0.1) is 0 Å². The third-order valence-corrected chi connectivity index (χ3v) is 6.31. The largest absolute Gasteiger partial charge is 0.480 e. The van der Waals surface area contributed by atoms with Crippen molar-refractivity contribution in [3.63, 3.8) is 0 Å². The van der Waals surface area contributed by atoms with E-state index < -0.39 is 22.5 Å². The first-order valence-corrected chi connectivity index (χ1v) is 9.21. The summed E-state index contributed by atoms with van der Waals surface area (Å²) in [6, 6.07) is 3.64. The van der Waals surface area contributed by atoms with E-state index in [9.17, 15) is 14.1 Å². The SMILES string of the molecule is CC=N/C=C(\C)C1CC1(NS(=O)c1ccc(/C=C/C)s1)C(=O)O. The van der Waals surface area contributed by atoms with Crippen LogP contribution >= 0.6 is 11.3 Å². The van der Waals surface area contributed by atoms with E-state index in [1.807, 2.05) is 32.1 Å². The van der Waals surface area contributed by atoms with Crippen LogP contribution in [0.2, 0.25) is 0 Å². The van der Waals surface area contributed by atoms with Crippen LogP contribution in [0.25, 0.3) is 6.08 Å². The summed E-state index contributed by atoms with van der Waals surface area (Å²) in [5.74, 6) is -1.17. The molecule has 5 nitrogen and oxygen atoms in total. The maximum atomic E-state index is 12.5. The molecule has 3 atom stereocenters. The number of aliphatic imine (C=N–C) groups is 1. The summed E-state index contributed by atoms with van der Waals surface area (Å²) in [4.78, 5) is 16.7.